The molecule has 0 spiro atoms. The second kappa shape index (κ2) is 6.78. The molecule has 0 aromatic rings. The summed E-state index contributed by atoms with van der Waals surface area (Å²) in [6.07, 6.45) is 0.556. The molecule has 0 heterocycles. The van der Waals surface area contributed by atoms with Crippen LogP contribution >= 0.6 is 0 Å². The van der Waals surface area contributed by atoms with Crippen molar-refractivity contribution < 1.29 is 23.1 Å². The molecule has 0 aliphatic heterocycles. The number of ether oxygens (including phenoxy) is 1. The maximum absolute atomic E-state index is 11.2. The zero-order chi connectivity index (χ0) is 11.0. The SMILES string of the molecule is COCCCS(=O)(=O)CCCC(=O)O. The summed E-state index contributed by atoms with van der Waals surface area (Å²) in [5.41, 5.74) is 0. The van der Waals surface area contributed by atoms with Crippen LogP contribution in [0.25, 0.3) is 0 Å². The number of carboxylic acid groups (broad SMARTS) is 1. The maximum Gasteiger partial charge on any atom is 0.303 e. The Morgan fingerprint density at radius 3 is 2.36 bits per heavy atom. The summed E-state index contributed by atoms with van der Waals surface area (Å²) in [5, 5.41) is 8.31. The van der Waals surface area contributed by atoms with Crippen LogP contribution in [0.2, 0.25) is 0 Å². The normalized spacial score (nSPS) is 11.5. The van der Waals surface area contributed by atoms with Crippen molar-refractivity contribution in [3.05, 3.63) is 0 Å². The number of rotatable bonds is 8. The van der Waals surface area contributed by atoms with E-state index in [-0.39, 0.29) is 24.3 Å². The van der Waals surface area contributed by atoms with Crippen LogP contribution < -0.4 is 0 Å². The highest BCUT2D eigenvalue weighted by atomic mass is 32.2. The van der Waals surface area contributed by atoms with E-state index in [0.29, 0.717) is 13.0 Å². The molecule has 0 unspecified atom stereocenters. The summed E-state index contributed by atoms with van der Waals surface area (Å²) in [5.74, 6) is -0.944. The molecule has 0 bridgehead atoms. The fourth-order valence-electron chi connectivity index (χ4n) is 0.969. The molecule has 0 amide bonds. The fraction of sp³-hybridized carbons (Fsp3) is 0.875. The maximum atomic E-state index is 11.2. The van der Waals surface area contributed by atoms with Crippen molar-refractivity contribution in [2.75, 3.05) is 25.2 Å². The number of sulfone groups is 1. The molecule has 0 radical (unpaired) electrons. The fourth-order valence-corrected chi connectivity index (χ4v) is 2.31. The van der Waals surface area contributed by atoms with E-state index in [1.807, 2.05) is 0 Å². The summed E-state index contributed by atoms with van der Waals surface area (Å²) in [4.78, 5) is 10.1. The highest BCUT2D eigenvalue weighted by Gasteiger charge is 2.10. The zero-order valence-corrected chi connectivity index (χ0v) is 9.05. The van der Waals surface area contributed by atoms with Crippen LogP contribution in [-0.4, -0.2) is 44.7 Å². The summed E-state index contributed by atoms with van der Waals surface area (Å²) < 4.78 is 27.2. The van der Waals surface area contributed by atoms with Gasteiger partial charge in [0.1, 0.15) is 9.84 Å². The van der Waals surface area contributed by atoms with Crippen LogP contribution in [-0.2, 0) is 19.4 Å². The highest BCUT2D eigenvalue weighted by Crippen LogP contribution is 2.00. The highest BCUT2D eigenvalue weighted by molar-refractivity contribution is 7.91. The third-order valence-electron chi connectivity index (χ3n) is 1.65. The van der Waals surface area contributed by atoms with Crippen LogP contribution in [0.15, 0.2) is 0 Å². The van der Waals surface area contributed by atoms with Crippen molar-refractivity contribution in [1.82, 2.24) is 0 Å². The number of carboxylic acids is 1. The number of methoxy groups -OCH3 is 1. The molecule has 0 atom stereocenters. The van der Waals surface area contributed by atoms with Gasteiger partial charge in [-0.2, -0.15) is 0 Å². The van der Waals surface area contributed by atoms with E-state index in [4.69, 9.17) is 9.84 Å². The van der Waals surface area contributed by atoms with Crippen molar-refractivity contribution in [2.45, 2.75) is 19.3 Å². The average Bonchev–Trinajstić information content (AvgIpc) is 2.03. The van der Waals surface area contributed by atoms with Gasteiger partial charge in [-0.3, -0.25) is 4.79 Å². The minimum Gasteiger partial charge on any atom is -0.481 e. The Morgan fingerprint density at radius 2 is 1.86 bits per heavy atom. The van der Waals surface area contributed by atoms with Gasteiger partial charge in [0.2, 0.25) is 0 Å². The van der Waals surface area contributed by atoms with Gasteiger partial charge in [0, 0.05) is 20.1 Å². The van der Waals surface area contributed by atoms with Gasteiger partial charge in [-0.15, -0.1) is 0 Å². The van der Waals surface area contributed by atoms with Crippen LogP contribution in [0.1, 0.15) is 19.3 Å². The Hall–Kier alpha value is -0.620. The van der Waals surface area contributed by atoms with E-state index in [0.717, 1.165) is 0 Å². The molecule has 0 aromatic heterocycles. The van der Waals surface area contributed by atoms with Gasteiger partial charge < -0.3 is 9.84 Å². The minimum absolute atomic E-state index is 0.0526. The van der Waals surface area contributed by atoms with E-state index in [2.05, 4.69) is 0 Å². The summed E-state index contributed by atoms with van der Waals surface area (Å²) in [6, 6.07) is 0. The molecule has 0 aromatic carbocycles. The van der Waals surface area contributed by atoms with Crippen LogP contribution in [0.4, 0.5) is 0 Å². The van der Waals surface area contributed by atoms with Gasteiger partial charge in [0.25, 0.3) is 0 Å². The number of hydrogen-bond donors (Lipinski definition) is 1. The molecule has 84 valence electrons. The smallest absolute Gasteiger partial charge is 0.303 e. The first-order valence-electron chi connectivity index (χ1n) is 4.39. The monoisotopic (exact) mass is 224 g/mol. The molecule has 0 rings (SSSR count). The van der Waals surface area contributed by atoms with E-state index >= 15 is 0 Å². The third-order valence-corrected chi connectivity index (χ3v) is 3.47. The largest absolute Gasteiger partial charge is 0.481 e. The standard InChI is InChI=1S/C8H16O5S/c1-13-5-3-7-14(11,12)6-2-4-8(9)10/h2-7H2,1H3,(H,9,10). The van der Waals surface area contributed by atoms with Crippen molar-refractivity contribution in [2.24, 2.45) is 0 Å². The molecule has 0 aliphatic rings. The van der Waals surface area contributed by atoms with Gasteiger partial charge in [0.15, 0.2) is 0 Å². The van der Waals surface area contributed by atoms with E-state index in [1.165, 1.54) is 7.11 Å². The molecule has 14 heavy (non-hydrogen) atoms. The molecule has 0 saturated carbocycles. The van der Waals surface area contributed by atoms with E-state index in [1.54, 1.807) is 0 Å². The Morgan fingerprint density at radius 1 is 1.29 bits per heavy atom. The lowest BCUT2D eigenvalue weighted by Gasteiger charge is -2.02. The predicted molar refractivity (Wildman–Crippen MR) is 52.0 cm³/mol. The summed E-state index contributed by atoms with van der Waals surface area (Å²) >= 11 is 0. The van der Waals surface area contributed by atoms with Crippen molar-refractivity contribution in [1.29, 1.82) is 0 Å². The van der Waals surface area contributed by atoms with Crippen molar-refractivity contribution >= 4 is 15.8 Å². The second-order valence-corrected chi connectivity index (χ2v) is 5.30. The minimum atomic E-state index is -3.09. The first-order valence-corrected chi connectivity index (χ1v) is 6.21. The molecule has 0 saturated heterocycles. The summed E-state index contributed by atoms with van der Waals surface area (Å²) in [6.45, 7) is 0.415. The van der Waals surface area contributed by atoms with E-state index in [9.17, 15) is 13.2 Å². The molecular weight excluding hydrogens is 208 g/mol. The Bertz CT molecular complexity index is 257. The molecule has 1 N–H and O–H groups in total. The van der Waals surface area contributed by atoms with Crippen molar-refractivity contribution in [3.63, 3.8) is 0 Å². The predicted octanol–water partition coefficient (Wildman–Crippen LogP) is 0.302. The first-order chi connectivity index (χ1) is 6.48. The molecule has 0 fully saturated rings. The lowest BCUT2D eigenvalue weighted by molar-refractivity contribution is -0.137. The average molecular weight is 224 g/mol. The van der Waals surface area contributed by atoms with Gasteiger partial charge in [-0.25, -0.2) is 8.42 Å². The number of hydrogen-bond acceptors (Lipinski definition) is 4. The zero-order valence-electron chi connectivity index (χ0n) is 8.23. The molecule has 5 nitrogen and oxygen atoms in total. The molecular formula is C8H16O5S. The number of carbonyl (C=O) groups is 1. The summed E-state index contributed by atoms with van der Waals surface area (Å²) in [7, 11) is -1.58. The first kappa shape index (κ1) is 13.4. The van der Waals surface area contributed by atoms with Gasteiger partial charge >= 0.3 is 5.97 Å². The number of aliphatic carboxylic acids is 1. The van der Waals surface area contributed by atoms with Crippen molar-refractivity contribution in [3.8, 4) is 0 Å². The van der Waals surface area contributed by atoms with Crippen LogP contribution in [0.3, 0.4) is 0 Å². The lowest BCUT2D eigenvalue weighted by atomic mass is 10.3. The van der Waals surface area contributed by atoms with Gasteiger partial charge in [-0.05, 0) is 12.8 Å². The van der Waals surface area contributed by atoms with Crippen LogP contribution in [0.5, 0.6) is 0 Å². The third kappa shape index (κ3) is 8.00. The van der Waals surface area contributed by atoms with Gasteiger partial charge in [0.05, 0.1) is 11.5 Å². The molecule has 0 aliphatic carbocycles. The lowest BCUT2D eigenvalue weighted by Crippen LogP contribution is -2.13. The van der Waals surface area contributed by atoms with Crippen LogP contribution in [0, 0.1) is 0 Å². The Balaban J connectivity index is 3.67. The Kier molecular flexibility index (Phi) is 6.48. The molecule has 6 heteroatoms. The second-order valence-electron chi connectivity index (χ2n) is 3.00. The quantitative estimate of drug-likeness (QED) is 0.600. The van der Waals surface area contributed by atoms with Gasteiger partial charge in [-0.1, -0.05) is 0 Å². The van der Waals surface area contributed by atoms with E-state index < -0.39 is 15.8 Å². The topological polar surface area (TPSA) is 80.7 Å². The Labute approximate surface area is 84.0 Å².